The number of nitrogens with zero attached hydrogens (tertiary/aromatic N) is 1. The Morgan fingerprint density at radius 3 is 2.70 bits per heavy atom. The molecule has 8 nitrogen and oxygen atoms in total. The number of H-pyrrole nitrogens is 1. The zero-order chi connectivity index (χ0) is 27.7. The van der Waals surface area contributed by atoms with E-state index in [2.05, 4.69) is 35.3 Å². The van der Waals surface area contributed by atoms with E-state index in [4.69, 9.17) is 18.9 Å². The van der Waals surface area contributed by atoms with E-state index in [0.29, 0.717) is 45.9 Å². The van der Waals surface area contributed by atoms with Gasteiger partial charge in [-0.05, 0) is 53.3 Å². The normalized spacial score (nSPS) is 17.2. The summed E-state index contributed by atoms with van der Waals surface area (Å²) >= 11 is 0. The molecule has 2 N–H and O–H groups in total. The van der Waals surface area contributed by atoms with Crippen LogP contribution in [-0.2, 0) is 22.7 Å². The van der Waals surface area contributed by atoms with Gasteiger partial charge in [0.05, 0.1) is 46.2 Å². The lowest BCUT2D eigenvalue weighted by atomic mass is 9.87. The molecule has 1 amide bonds. The number of carbonyl (C=O) groups is 1. The molecular weight excluding hydrogens is 508 g/mol. The second-order valence-corrected chi connectivity index (χ2v) is 10.0. The molecule has 210 valence electrons. The molecule has 5 rings (SSSR count). The summed E-state index contributed by atoms with van der Waals surface area (Å²) in [4.78, 5) is 16.4. The third-order valence-electron chi connectivity index (χ3n) is 7.37. The zero-order valence-corrected chi connectivity index (χ0v) is 22.8. The summed E-state index contributed by atoms with van der Waals surface area (Å²) in [5, 5.41) is 10.7. The van der Waals surface area contributed by atoms with Crippen LogP contribution in [0.5, 0.6) is 11.5 Å². The van der Waals surface area contributed by atoms with Crippen LogP contribution in [0.2, 0.25) is 0 Å². The van der Waals surface area contributed by atoms with Crippen LogP contribution in [0, 0.1) is 0 Å². The van der Waals surface area contributed by atoms with E-state index < -0.39 is 6.09 Å². The molecule has 0 aliphatic carbocycles. The maximum absolute atomic E-state index is 11.7. The highest BCUT2D eigenvalue weighted by molar-refractivity contribution is 5.79. The highest BCUT2D eigenvalue weighted by Crippen LogP contribution is 2.32. The van der Waals surface area contributed by atoms with Gasteiger partial charge >= 0.3 is 6.09 Å². The van der Waals surface area contributed by atoms with Crippen LogP contribution in [0.25, 0.3) is 10.9 Å². The van der Waals surface area contributed by atoms with E-state index in [0.717, 1.165) is 45.5 Å². The number of amides is 1. The first kappa shape index (κ1) is 27.6. The third-order valence-corrected chi connectivity index (χ3v) is 7.37. The molecule has 0 radical (unpaired) electrons. The molecule has 8 heteroatoms. The summed E-state index contributed by atoms with van der Waals surface area (Å²) in [6, 6.07) is 24.2. The second kappa shape index (κ2) is 13.4. The predicted octanol–water partition coefficient (Wildman–Crippen LogP) is 6.21. The summed E-state index contributed by atoms with van der Waals surface area (Å²) in [6.45, 7) is 2.90. The molecule has 1 saturated heterocycles. The molecule has 2 atom stereocenters. The van der Waals surface area contributed by atoms with Gasteiger partial charge in [0.1, 0.15) is 11.5 Å². The lowest BCUT2D eigenvalue weighted by molar-refractivity contribution is -0.0199. The van der Waals surface area contributed by atoms with E-state index >= 15 is 0 Å². The van der Waals surface area contributed by atoms with E-state index in [-0.39, 0.29) is 12.0 Å². The highest BCUT2D eigenvalue weighted by atomic mass is 16.5. The molecule has 2 heterocycles. The van der Waals surface area contributed by atoms with Gasteiger partial charge in [-0.3, -0.25) is 0 Å². The van der Waals surface area contributed by atoms with Crippen molar-refractivity contribution in [2.75, 3.05) is 33.4 Å². The average Bonchev–Trinajstić information content (AvgIpc) is 3.46. The Hall–Kier alpha value is -4.01. The quantitative estimate of drug-likeness (QED) is 0.206. The van der Waals surface area contributed by atoms with Crippen molar-refractivity contribution in [3.8, 4) is 11.5 Å². The topological polar surface area (TPSA) is 93.2 Å². The van der Waals surface area contributed by atoms with Crippen LogP contribution >= 0.6 is 0 Å². The van der Waals surface area contributed by atoms with Crippen molar-refractivity contribution in [3.63, 3.8) is 0 Å². The molecular formula is C32H36N2O6. The third kappa shape index (κ3) is 6.94. The largest absolute Gasteiger partial charge is 0.496 e. The van der Waals surface area contributed by atoms with Gasteiger partial charge in [-0.15, -0.1) is 0 Å². The minimum Gasteiger partial charge on any atom is -0.496 e. The molecule has 1 fully saturated rings. The molecule has 1 aliphatic rings. The summed E-state index contributed by atoms with van der Waals surface area (Å²) in [5.74, 6) is 1.73. The Balaban J connectivity index is 1.12. The second-order valence-electron chi connectivity index (χ2n) is 10.0. The summed E-state index contributed by atoms with van der Waals surface area (Å²) in [6.07, 6.45) is 2.25. The van der Waals surface area contributed by atoms with Crippen molar-refractivity contribution in [1.29, 1.82) is 0 Å². The number of aromatic amines is 1. The van der Waals surface area contributed by atoms with Crippen LogP contribution in [0.4, 0.5) is 4.79 Å². The number of methoxy groups -OCH3 is 1. The number of aromatic nitrogens is 1. The van der Waals surface area contributed by atoms with Crippen molar-refractivity contribution in [2.45, 2.75) is 38.1 Å². The Bertz CT molecular complexity index is 1390. The lowest BCUT2D eigenvalue weighted by Gasteiger charge is -2.37. The first-order valence-corrected chi connectivity index (χ1v) is 13.7. The van der Waals surface area contributed by atoms with Gasteiger partial charge in [0, 0.05) is 36.2 Å². The number of nitrogens with one attached hydrogen (secondary N) is 1. The van der Waals surface area contributed by atoms with Gasteiger partial charge in [0.25, 0.3) is 0 Å². The molecule has 1 aliphatic heterocycles. The fraction of sp³-hybridized carbons (Fsp3) is 0.344. The summed E-state index contributed by atoms with van der Waals surface area (Å²) in [5.41, 5.74) is 4.27. The SMILES string of the molecule is COc1ccccc1COCCCOc1ccc(C2CCN(C(=O)O)CC2OCc2ccc3cc[nH]c3c2)cc1. The molecule has 3 aromatic carbocycles. The summed E-state index contributed by atoms with van der Waals surface area (Å²) < 4.78 is 23.4. The van der Waals surface area contributed by atoms with Crippen molar-refractivity contribution in [3.05, 3.63) is 95.7 Å². The van der Waals surface area contributed by atoms with Gasteiger partial charge in [-0.2, -0.15) is 0 Å². The average molecular weight is 545 g/mol. The fourth-order valence-electron chi connectivity index (χ4n) is 5.20. The van der Waals surface area contributed by atoms with Crippen molar-refractivity contribution >= 4 is 17.0 Å². The maximum atomic E-state index is 11.7. The molecule has 1 aromatic heterocycles. The van der Waals surface area contributed by atoms with Crippen LogP contribution in [0.3, 0.4) is 0 Å². The molecule has 0 spiro atoms. The number of hydrogen-bond donors (Lipinski definition) is 2. The van der Waals surface area contributed by atoms with Gasteiger partial charge in [-0.1, -0.05) is 42.5 Å². The van der Waals surface area contributed by atoms with Crippen molar-refractivity contribution in [2.24, 2.45) is 0 Å². The minimum atomic E-state index is -0.907. The molecule has 4 aromatic rings. The number of likely N-dealkylation sites (tertiary alicyclic amines) is 1. The highest BCUT2D eigenvalue weighted by Gasteiger charge is 2.33. The molecule has 40 heavy (non-hydrogen) atoms. The number of fused-ring (bicyclic) bond motifs is 1. The van der Waals surface area contributed by atoms with E-state index in [1.807, 2.05) is 48.7 Å². The molecule has 2 unspecified atom stereocenters. The maximum Gasteiger partial charge on any atom is 0.407 e. The number of piperidine rings is 1. The molecule has 0 bridgehead atoms. The van der Waals surface area contributed by atoms with Crippen molar-refractivity contribution in [1.82, 2.24) is 9.88 Å². The number of para-hydroxylation sites is 1. The zero-order valence-electron chi connectivity index (χ0n) is 22.8. The number of benzene rings is 3. The monoisotopic (exact) mass is 544 g/mol. The van der Waals surface area contributed by atoms with Crippen molar-refractivity contribution < 1.29 is 28.8 Å². The van der Waals surface area contributed by atoms with E-state index in [1.165, 1.54) is 4.90 Å². The first-order chi connectivity index (χ1) is 19.6. The number of hydrogen-bond acceptors (Lipinski definition) is 5. The Morgan fingerprint density at radius 2 is 1.88 bits per heavy atom. The number of rotatable bonds is 12. The van der Waals surface area contributed by atoms with Crippen LogP contribution in [-0.4, -0.2) is 60.6 Å². The first-order valence-electron chi connectivity index (χ1n) is 13.7. The van der Waals surface area contributed by atoms with Crippen LogP contribution in [0.1, 0.15) is 35.4 Å². The lowest BCUT2D eigenvalue weighted by Crippen LogP contribution is -2.46. The molecule has 0 saturated carbocycles. The standard InChI is InChI=1S/C32H36N2O6/c1-37-30-6-3-2-5-26(30)22-38-17-4-18-39-27-11-9-24(10-12-27)28-14-16-34(32(35)36)20-31(28)40-21-23-7-8-25-13-15-33-29(25)19-23/h2-3,5-13,15,19,28,31,33H,4,14,16-18,20-22H2,1H3,(H,35,36). The van der Waals surface area contributed by atoms with E-state index in [9.17, 15) is 9.90 Å². The number of ether oxygens (including phenoxy) is 4. The van der Waals surface area contributed by atoms with Gasteiger partial charge in [0.2, 0.25) is 0 Å². The Morgan fingerprint density at radius 1 is 1.02 bits per heavy atom. The Kier molecular flexibility index (Phi) is 9.21. The smallest absolute Gasteiger partial charge is 0.407 e. The summed E-state index contributed by atoms with van der Waals surface area (Å²) in [7, 11) is 1.66. The van der Waals surface area contributed by atoms with Crippen LogP contribution in [0.15, 0.2) is 79.0 Å². The van der Waals surface area contributed by atoms with Gasteiger partial charge in [0.15, 0.2) is 0 Å². The number of carboxylic acid groups (broad SMARTS) is 1. The van der Waals surface area contributed by atoms with Crippen LogP contribution < -0.4 is 9.47 Å². The van der Waals surface area contributed by atoms with E-state index in [1.54, 1.807) is 7.11 Å². The van der Waals surface area contributed by atoms with Gasteiger partial charge < -0.3 is 33.9 Å². The van der Waals surface area contributed by atoms with Gasteiger partial charge in [-0.25, -0.2) is 4.79 Å². The Labute approximate surface area is 234 Å². The fourth-order valence-corrected chi connectivity index (χ4v) is 5.20. The minimum absolute atomic E-state index is 0.0993. The predicted molar refractivity (Wildman–Crippen MR) is 153 cm³/mol.